The number of nitrogens with one attached hydrogen (secondary N) is 1. The molecule has 3 aromatic rings. The van der Waals surface area contributed by atoms with Gasteiger partial charge in [0.05, 0.1) is 10.7 Å². The van der Waals surface area contributed by atoms with Gasteiger partial charge in [0.15, 0.2) is 0 Å². The Kier molecular flexibility index (Phi) is 6.06. The summed E-state index contributed by atoms with van der Waals surface area (Å²) < 4.78 is 0. The molecule has 174 valence electrons. The molecular weight excluding hydrogens is 452 g/mol. The Morgan fingerprint density at radius 1 is 1.24 bits per heavy atom. The lowest BCUT2D eigenvalue weighted by Crippen LogP contribution is -2.39. The summed E-state index contributed by atoms with van der Waals surface area (Å²) in [6.45, 7) is 2.66. The van der Waals surface area contributed by atoms with Gasteiger partial charge in [0.2, 0.25) is 5.91 Å². The fourth-order valence-corrected chi connectivity index (χ4v) is 5.18. The number of carbonyl (C=O) groups excluding carboxylic acids is 2. The van der Waals surface area contributed by atoms with Gasteiger partial charge in [-0.25, -0.2) is 9.97 Å². The van der Waals surface area contributed by atoms with Gasteiger partial charge in [-0.1, -0.05) is 48.0 Å². The summed E-state index contributed by atoms with van der Waals surface area (Å²) >= 11 is 6.27. The Bertz CT molecular complexity index is 1280. The molecule has 1 aromatic heterocycles. The van der Waals surface area contributed by atoms with E-state index in [0.29, 0.717) is 35.2 Å². The van der Waals surface area contributed by atoms with Crippen LogP contribution in [-0.2, 0) is 17.8 Å². The molecule has 0 bridgehead atoms. The Balaban J connectivity index is 1.25. The number of amides is 2. The highest BCUT2D eigenvalue weighted by Gasteiger charge is 2.33. The lowest BCUT2D eigenvalue weighted by atomic mass is 9.93. The number of carbonyl (C=O) groups is 2. The molecular formula is C26H25ClN4O3. The molecule has 0 spiro atoms. The van der Waals surface area contributed by atoms with Gasteiger partial charge in [-0.05, 0) is 42.0 Å². The summed E-state index contributed by atoms with van der Waals surface area (Å²) in [7, 11) is 0. The van der Waals surface area contributed by atoms with Crippen LogP contribution in [-0.4, -0.2) is 51.5 Å². The summed E-state index contributed by atoms with van der Waals surface area (Å²) in [5.74, 6) is 0.356. The van der Waals surface area contributed by atoms with Crippen LogP contribution >= 0.6 is 11.6 Å². The number of hydrogen-bond donors (Lipinski definition) is 2. The van der Waals surface area contributed by atoms with E-state index in [9.17, 15) is 14.7 Å². The predicted octanol–water partition coefficient (Wildman–Crippen LogP) is 3.13. The van der Waals surface area contributed by atoms with Crippen molar-refractivity contribution in [2.45, 2.75) is 25.8 Å². The first-order valence-electron chi connectivity index (χ1n) is 11.3. The average molecular weight is 477 g/mol. The summed E-state index contributed by atoms with van der Waals surface area (Å²) in [4.78, 5) is 35.8. The summed E-state index contributed by atoms with van der Waals surface area (Å²) in [6, 6.07) is 13.7. The lowest BCUT2D eigenvalue weighted by Gasteiger charge is -2.21. The van der Waals surface area contributed by atoms with Crippen LogP contribution in [0.25, 0.3) is 11.3 Å². The molecule has 1 aliphatic heterocycles. The van der Waals surface area contributed by atoms with Crippen LogP contribution in [0.1, 0.15) is 38.8 Å². The number of halogens is 1. The van der Waals surface area contributed by atoms with Crippen LogP contribution in [0, 0.1) is 12.8 Å². The van der Waals surface area contributed by atoms with Crippen LogP contribution in [0.3, 0.4) is 0 Å². The van der Waals surface area contributed by atoms with Gasteiger partial charge in [0, 0.05) is 42.9 Å². The highest BCUT2D eigenvalue weighted by Crippen LogP contribution is 2.37. The van der Waals surface area contributed by atoms with Crippen LogP contribution in [0.2, 0.25) is 5.02 Å². The van der Waals surface area contributed by atoms with Crippen molar-refractivity contribution in [1.82, 2.24) is 20.2 Å². The van der Waals surface area contributed by atoms with E-state index in [1.165, 1.54) is 11.1 Å². The molecule has 2 aliphatic rings. The van der Waals surface area contributed by atoms with Gasteiger partial charge in [-0.15, -0.1) is 0 Å². The zero-order chi connectivity index (χ0) is 23.8. The van der Waals surface area contributed by atoms with Crippen molar-refractivity contribution in [3.8, 4) is 11.3 Å². The minimum atomic E-state index is -0.211. The molecule has 2 aromatic carbocycles. The molecule has 8 heteroatoms. The fourth-order valence-electron chi connectivity index (χ4n) is 4.98. The van der Waals surface area contributed by atoms with E-state index < -0.39 is 0 Å². The van der Waals surface area contributed by atoms with Crippen LogP contribution in [0.5, 0.6) is 0 Å². The third kappa shape index (κ3) is 4.17. The molecule has 2 N–H and O–H groups in total. The van der Waals surface area contributed by atoms with E-state index >= 15 is 0 Å². The number of benzene rings is 2. The second kappa shape index (κ2) is 9.16. The van der Waals surface area contributed by atoms with Crippen molar-refractivity contribution in [1.29, 1.82) is 0 Å². The van der Waals surface area contributed by atoms with Crippen LogP contribution in [0.15, 0.2) is 48.7 Å². The number of nitrogens with zero attached hydrogens (tertiary/aromatic N) is 3. The zero-order valence-electron chi connectivity index (χ0n) is 18.8. The number of aliphatic hydroxyl groups is 1. The maximum Gasteiger partial charge on any atom is 0.254 e. The number of hydrogen-bond acceptors (Lipinski definition) is 5. The topological polar surface area (TPSA) is 95.4 Å². The van der Waals surface area contributed by atoms with E-state index in [1.807, 2.05) is 24.3 Å². The first-order valence-corrected chi connectivity index (χ1v) is 11.7. The Morgan fingerprint density at radius 3 is 2.88 bits per heavy atom. The molecule has 1 aliphatic carbocycles. The second-order valence-corrected chi connectivity index (χ2v) is 9.31. The molecule has 2 heterocycles. The highest BCUT2D eigenvalue weighted by molar-refractivity contribution is 6.32. The normalized spacial score (nSPS) is 18.7. The van der Waals surface area contributed by atoms with E-state index in [1.54, 1.807) is 24.1 Å². The number of aromatic nitrogens is 2. The van der Waals surface area contributed by atoms with E-state index in [-0.39, 0.29) is 36.8 Å². The average Bonchev–Trinajstić information content (AvgIpc) is 3.36. The second-order valence-electron chi connectivity index (χ2n) is 8.90. The van der Waals surface area contributed by atoms with Crippen molar-refractivity contribution < 1.29 is 14.7 Å². The predicted molar refractivity (Wildman–Crippen MR) is 128 cm³/mol. The summed E-state index contributed by atoms with van der Waals surface area (Å²) in [5, 5.41) is 13.2. The molecule has 34 heavy (non-hydrogen) atoms. The van der Waals surface area contributed by atoms with E-state index in [0.717, 1.165) is 17.5 Å². The smallest absolute Gasteiger partial charge is 0.254 e. The minimum absolute atomic E-state index is 0.0195. The molecule has 2 amide bonds. The van der Waals surface area contributed by atoms with E-state index in [2.05, 4.69) is 27.4 Å². The molecule has 2 atom stereocenters. The van der Waals surface area contributed by atoms with Gasteiger partial charge in [-0.2, -0.15) is 0 Å². The Hall–Kier alpha value is -3.29. The van der Waals surface area contributed by atoms with Crippen molar-refractivity contribution >= 4 is 23.4 Å². The lowest BCUT2D eigenvalue weighted by molar-refractivity contribution is -0.121. The monoisotopic (exact) mass is 476 g/mol. The van der Waals surface area contributed by atoms with Gasteiger partial charge in [-0.3, -0.25) is 9.59 Å². The van der Waals surface area contributed by atoms with Crippen LogP contribution < -0.4 is 5.32 Å². The van der Waals surface area contributed by atoms with Gasteiger partial charge < -0.3 is 15.3 Å². The van der Waals surface area contributed by atoms with Crippen molar-refractivity contribution in [3.63, 3.8) is 0 Å². The molecule has 1 unspecified atom stereocenters. The summed E-state index contributed by atoms with van der Waals surface area (Å²) in [5.41, 5.74) is 5.15. The quantitative estimate of drug-likeness (QED) is 0.570. The minimum Gasteiger partial charge on any atom is -0.396 e. The Morgan fingerprint density at radius 2 is 2.06 bits per heavy atom. The first-order chi connectivity index (χ1) is 16.4. The number of aryl methyl sites for hydroxylation is 1. The molecule has 0 saturated heterocycles. The number of fused-ring (bicyclic) bond motifs is 2. The first kappa shape index (κ1) is 22.5. The SMILES string of the molecule is Cc1ncc(Cl)c(-c2ccc3c(c2)C(=O)N(CC(=O)NCC2c4ccccc4C[C@@H]2CO)C3)n1. The van der Waals surface area contributed by atoms with Crippen molar-refractivity contribution in [2.75, 3.05) is 19.7 Å². The maximum absolute atomic E-state index is 13.0. The van der Waals surface area contributed by atoms with Crippen molar-refractivity contribution in [2.24, 2.45) is 5.92 Å². The van der Waals surface area contributed by atoms with Gasteiger partial charge in [0.25, 0.3) is 5.91 Å². The standard InChI is InChI=1S/C26H25ClN4O3/c1-15-28-11-23(27)25(30-15)17-6-7-18-12-31(26(34)21(18)9-17)13-24(33)29-10-22-19(14-32)8-16-4-2-3-5-20(16)22/h2-7,9,11,19,22,32H,8,10,12-14H2,1H3,(H,29,33)/t19-,22?/m1/s1. The molecule has 0 saturated carbocycles. The molecule has 5 rings (SSSR count). The number of rotatable bonds is 6. The Labute approximate surface area is 202 Å². The highest BCUT2D eigenvalue weighted by atomic mass is 35.5. The molecule has 0 radical (unpaired) electrons. The van der Waals surface area contributed by atoms with Crippen LogP contribution in [0.4, 0.5) is 0 Å². The molecule has 7 nitrogen and oxygen atoms in total. The fraction of sp³-hybridized carbons (Fsp3) is 0.308. The van der Waals surface area contributed by atoms with Gasteiger partial charge in [0.1, 0.15) is 12.4 Å². The van der Waals surface area contributed by atoms with E-state index in [4.69, 9.17) is 11.6 Å². The third-order valence-corrected chi connectivity index (χ3v) is 7.00. The summed E-state index contributed by atoms with van der Waals surface area (Å²) in [6.07, 6.45) is 2.36. The number of aliphatic hydroxyl groups excluding tert-OH is 1. The van der Waals surface area contributed by atoms with Gasteiger partial charge >= 0.3 is 0 Å². The third-order valence-electron chi connectivity index (χ3n) is 6.72. The zero-order valence-corrected chi connectivity index (χ0v) is 19.5. The molecule has 0 fully saturated rings. The largest absolute Gasteiger partial charge is 0.396 e. The van der Waals surface area contributed by atoms with Crippen molar-refractivity contribution in [3.05, 3.63) is 81.8 Å². The maximum atomic E-state index is 13.0.